The second kappa shape index (κ2) is 5.18. The summed E-state index contributed by atoms with van der Waals surface area (Å²) < 4.78 is 23.2. The number of primary sulfonamides is 1. The number of nitrogens with two attached hydrogens (primary N) is 1. The van der Waals surface area contributed by atoms with Gasteiger partial charge in [0.05, 0.1) is 10.5 Å². The summed E-state index contributed by atoms with van der Waals surface area (Å²) in [4.78, 5) is 14.2. The van der Waals surface area contributed by atoms with Crippen molar-refractivity contribution in [1.82, 2.24) is 4.90 Å². The standard InChI is InChI=1S/C14H20N2O3S/c1-14(2)8-5-9-16(10-14)13(17)11-6-3-4-7-12(11)20(15,18)19/h3-4,6-7H,5,8-10H2,1-2H3,(H2,15,18,19). The van der Waals surface area contributed by atoms with E-state index in [0.717, 1.165) is 12.8 Å². The Morgan fingerprint density at radius 1 is 1.30 bits per heavy atom. The number of piperidine rings is 1. The molecule has 1 aliphatic heterocycles. The summed E-state index contributed by atoms with van der Waals surface area (Å²) in [6.07, 6.45) is 1.99. The number of amides is 1. The molecule has 6 heteroatoms. The van der Waals surface area contributed by atoms with Gasteiger partial charge in [-0.3, -0.25) is 4.79 Å². The number of rotatable bonds is 2. The smallest absolute Gasteiger partial charge is 0.255 e. The van der Waals surface area contributed by atoms with Crippen molar-refractivity contribution in [2.24, 2.45) is 10.6 Å². The van der Waals surface area contributed by atoms with Crippen molar-refractivity contribution >= 4 is 15.9 Å². The molecule has 2 N–H and O–H groups in total. The fraction of sp³-hybridized carbons (Fsp3) is 0.500. The lowest BCUT2D eigenvalue weighted by molar-refractivity contribution is 0.0579. The lowest BCUT2D eigenvalue weighted by Crippen LogP contribution is -2.44. The van der Waals surface area contributed by atoms with E-state index in [1.165, 1.54) is 12.1 Å². The summed E-state index contributed by atoms with van der Waals surface area (Å²) >= 11 is 0. The first kappa shape index (κ1) is 15.0. The molecule has 1 aliphatic rings. The Labute approximate surface area is 119 Å². The lowest BCUT2D eigenvalue weighted by atomic mass is 9.84. The van der Waals surface area contributed by atoms with E-state index in [-0.39, 0.29) is 21.8 Å². The topological polar surface area (TPSA) is 80.5 Å². The van der Waals surface area contributed by atoms with Gasteiger partial charge in [0.1, 0.15) is 0 Å². The number of sulfonamides is 1. The van der Waals surface area contributed by atoms with E-state index in [2.05, 4.69) is 13.8 Å². The van der Waals surface area contributed by atoms with Crippen LogP contribution in [0.2, 0.25) is 0 Å². The van der Waals surface area contributed by atoms with Crippen molar-refractivity contribution in [1.29, 1.82) is 0 Å². The van der Waals surface area contributed by atoms with Crippen molar-refractivity contribution in [3.05, 3.63) is 29.8 Å². The predicted octanol–water partition coefficient (Wildman–Crippen LogP) is 1.60. The quantitative estimate of drug-likeness (QED) is 0.900. The molecule has 0 bridgehead atoms. The van der Waals surface area contributed by atoms with Crippen LogP contribution in [-0.4, -0.2) is 32.3 Å². The normalized spacial score (nSPS) is 18.9. The highest BCUT2D eigenvalue weighted by Crippen LogP contribution is 2.29. The van der Waals surface area contributed by atoms with Gasteiger partial charge in [-0.25, -0.2) is 13.6 Å². The number of nitrogens with zero attached hydrogens (tertiary/aromatic N) is 1. The summed E-state index contributed by atoms with van der Waals surface area (Å²) in [6, 6.07) is 6.11. The molecule has 0 spiro atoms. The molecule has 0 aliphatic carbocycles. The number of carbonyl (C=O) groups is 1. The maximum atomic E-state index is 12.6. The molecule has 20 heavy (non-hydrogen) atoms. The van der Waals surface area contributed by atoms with Crippen molar-refractivity contribution in [3.8, 4) is 0 Å². The monoisotopic (exact) mass is 296 g/mol. The van der Waals surface area contributed by atoms with E-state index in [1.54, 1.807) is 17.0 Å². The van der Waals surface area contributed by atoms with E-state index < -0.39 is 10.0 Å². The lowest BCUT2D eigenvalue weighted by Gasteiger charge is -2.38. The summed E-state index contributed by atoms with van der Waals surface area (Å²) in [5.41, 5.74) is 0.220. The van der Waals surface area contributed by atoms with Gasteiger partial charge in [0, 0.05) is 13.1 Å². The van der Waals surface area contributed by atoms with E-state index in [0.29, 0.717) is 13.1 Å². The molecule has 1 heterocycles. The SMILES string of the molecule is CC1(C)CCCN(C(=O)c2ccccc2S(N)(=O)=O)C1. The number of likely N-dealkylation sites (tertiary alicyclic amines) is 1. The first-order valence-corrected chi connectivity index (χ1v) is 8.16. The van der Waals surface area contributed by atoms with Gasteiger partial charge >= 0.3 is 0 Å². The Morgan fingerprint density at radius 2 is 1.95 bits per heavy atom. The van der Waals surface area contributed by atoms with Crippen molar-refractivity contribution in [2.75, 3.05) is 13.1 Å². The van der Waals surface area contributed by atoms with Gasteiger partial charge in [-0.05, 0) is 30.4 Å². The first-order chi connectivity index (χ1) is 9.21. The average molecular weight is 296 g/mol. The van der Waals surface area contributed by atoms with Crippen molar-refractivity contribution < 1.29 is 13.2 Å². The summed E-state index contributed by atoms with van der Waals surface area (Å²) in [5, 5.41) is 5.18. The van der Waals surface area contributed by atoms with E-state index in [9.17, 15) is 13.2 Å². The highest BCUT2D eigenvalue weighted by Gasteiger charge is 2.31. The van der Waals surface area contributed by atoms with Crippen LogP contribution in [0.4, 0.5) is 0 Å². The third-order valence-corrected chi connectivity index (χ3v) is 4.58. The van der Waals surface area contributed by atoms with E-state index in [4.69, 9.17) is 5.14 Å². The van der Waals surface area contributed by atoms with E-state index >= 15 is 0 Å². The fourth-order valence-electron chi connectivity index (χ4n) is 2.66. The number of hydrogen-bond donors (Lipinski definition) is 1. The van der Waals surface area contributed by atoms with Gasteiger partial charge in [0.25, 0.3) is 5.91 Å². The summed E-state index contributed by atoms with van der Waals surface area (Å²) in [7, 11) is -3.89. The first-order valence-electron chi connectivity index (χ1n) is 6.62. The zero-order chi connectivity index (χ0) is 15.0. The molecule has 110 valence electrons. The van der Waals surface area contributed by atoms with Crippen LogP contribution < -0.4 is 5.14 Å². The highest BCUT2D eigenvalue weighted by molar-refractivity contribution is 7.89. The van der Waals surface area contributed by atoms with Crippen LogP contribution in [-0.2, 0) is 10.0 Å². The van der Waals surface area contributed by atoms with Gasteiger partial charge in [-0.2, -0.15) is 0 Å². The molecular formula is C14H20N2O3S. The van der Waals surface area contributed by atoms with Crippen LogP contribution in [0.25, 0.3) is 0 Å². The third kappa shape index (κ3) is 3.19. The Kier molecular flexibility index (Phi) is 3.88. The van der Waals surface area contributed by atoms with Gasteiger partial charge in [0.2, 0.25) is 10.0 Å². The van der Waals surface area contributed by atoms with E-state index in [1.807, 2.05) is 0 Å². The number of carbonyl (C=O) groups excluding carboxylic acids is 1. The molecule has 1 fully saturated rings. The van der Waals surface area contributed by atoms with Crippen LogP contribution in [0.15, 0.2) is 29.2 Å². The van der Waals surface area contributed by atoms with Gasteiger partial charge in [0.15, 0.2) is 0 Å². The van der Waals surface area contributed by atoms with Crippen molar-refractivity contribution in [3.63, 3.8) is 0 Å². The minimum atomic E-state index is -3.89. The molecule has 0 atom stereocenters. The van der Waals surface area contributed by atoms with Gasteiger partial charge in [-0.15, -0.1) is 0 Å². The maximum Gasteiger partial charge on any atom is 0.255 e. The average Bonchev–Trinajstić information content (AvgIpc) is 2.35. The minimum Gasteiger partial charge on any atom is -0.338 e. The molecule has 0 radical (unpaired) electrons. The Balaban J connectivity index is 2.35. The zero-order valence-corrected chi connectivity index (χ0v) is 12.6. The highest BCUT2D eigenvalue weighted by atomic mass is 32.2. The molecule has 2 rings (SSSR count). The third-order valence-electron chi connectivity index (χ3n) is 3.61. The molecular weight excluding hydrogens is 276 g/mol. The van der Waals surface area contributed by atoms with Crippen LogP contribution in [0, 0.1) is 5.41 Å². The van der Waals surface area contributed by atoms with Gasteiger partial charge in [-0.1, -0.05) is 26.0 Å². The summed E-state index contributed by atoms with van der Waals surface area (Å²) in [6.45, 7) is 5.50. The van der Waals surface area contributed by atoms with Crippen LogP contribution >= 0.6 is 0 Å². The molecule has 1 amide bonds. The Bertz CT molecular complexity index is 623. The second-order valence-corrected chi connectivity index (χ2v) is 7.57. The fourth-order valence-corrected chi connectivity index (χ4v) is 3.39. The van der Waals surface area contributed by atoms with Crippen molar-refractivity contribution in [2.45, 2.75) is 31.6 Å². The van der Waals surface area contributed by atoms with Crippen LogP contribution in [0.1, 0.15) is 37.0 Å². The largest absolute Gasteiger partial charge is 0.338 e. The molecule has 1 saturated heterocycles. The molecule has 0 unspecified atom stereocenters. The molecule has 5 nitrogen and oxygen atoms in total. The second-order valence-electron chi connectivity index (χ2n) is 6.04. The summed E-state index contributed by atoms with van der Waals surface area (Å²) in [5.74, 6) is -0.262. The molecule has 0 saturated carbocycles. The number of benzene rings is 1. The zero-order valence-electron chi connectivity index (χ0n) is 11.8. The minimum absolute atomic E-state index is 0.0600. The number of hydrogen-bond acceptors (Lipinski definition) is 3. The van der Waals surface area contributed by atoms with Gasteiger partial charge < -0.3 is 4.90 Å². The molecule has 1 aromatic carbocycles. The Hall–Kier alpha value is -1.40. The predicted molar refractivity (Wildman–Crippen MR) is 76.7 cm³/mol. The molecule has 0 aromatic heterocycles. The molecule has 1 aromatic rings. The van der Waals surface area contributed by atoms with Crippen LogP contribution in [0.5, 0.6) is 0 Å². The van der Waals surface area contributed by atoms with Crippen LogP contribution in [0.3, 0.4) is 0 Å². The maximum absolute atomic E-state index is 12.6. The Morgan fingerprint density at radius 3 is 2.55 bits per heavy atom.